The Hall–Kier alpha value is -1.52. The Labute approximate surface area is 101 Å². The molecule has 0 bridgehead atoms. The topological polar surface area (TPSA) is 66.8 Å². The lowest BCUT2D eigenvalue weighted by Gasteiger charge is -2.39. The molecule has 0 atom stereocenters. The molecular formula is C12H19NO4. The Morgan fingerprint density at radius 1 is 1.41 bits per heavy atom. The van der Waals surface area contributed by atoms with Crippen LogP contribution in [0, 0.1) is 5.92 Å². The summed E-state index contributed by atoms with van der Waals surface area (Å²) in [6, 6.07) is 0. The van der Waals surface area contributed by atoms with Gasteiger partial charge in [0, 0.05) is 19.2 Å². The Morgan fingerprint density at radius 3 is 2.47 bits per heavy atom. The van der Waals surface area contributed by atoms with E-state index in [1.807, 2.05) is 20.8 Å². The van der Waals surface area contributed by atoms with Crippen molar-refractivity contribution in [1.29, 1.82) is 0 Å². The first kappa shape index (κ1) is 13.5. The quantitative estimate of drug-likeness (QED) is 0.766. The molecule has 0 aromatic rings. The van der Waals surface area contributed by atoms with Crippen LogP contribution in [0.25, 0.3) is 0 Å². The molecule has 1 amide bonds. The third kappa shape index (κ3) is 4.89. The molecule has 1 aliphatic heterocycles. The number of carboxylic acids is 1. The Morgan fingerprint density at radius 2 is 2.00 bits per heavy atom. The van der Waals surface area contributed by atoms with Gasteiger partial charge in [0.1, 0.15) is 5.60 Å². The lowest BCUT2D eigenvalue weighted by molar-refractivity contribution is -0.131. The van der Waals surface area contributed by atoms with Gasteiger partial charge in [0.05, 0.1) is 0 Å². The highest BCUT2D eigenvalue weighted by molar-refractivity contribution is 5.79. The average molecular weight is 241 g/mol. The van der Waals surface area contributed by atoms with Gasteiger partial charge in [0.15, 0.2) is 0 Å². The van der Waals surface area contributed by atoms with Crippen LogP contribution in [0.15, 0.2) is 12.2 Å². The molecule has 1 rings (SSSR count). The number of hydrogen-bond donors (Lipinski definition) is 1. The van der Waals surface area contributed by atoms with Gasteiger partial charge in [-0.1, -0.05) is 6.08 Å². The summed E-state index contributed by atoms with van der Waals surface area (Å²) in [4.78, 5) is 23.4. The minimum Gasteiger partial charge on any atom is -0.478 e. The third-order valence-corrected chi connectivity index (χ3v) is 2.34. The monoisotopic (exact) mass is 241 g/mol. The molecule has 5 heteroatoms. The highest BCUT2D eigenvalue weighted by atomic mass is 16.6. The highest BCUT2D eigenvalue weighted by Crippen LogP contribution is 2.22. The second-order valence-electron chi connectivity index (χ2n) is 5.23. The SMILES string of the molecule is CC(C)(C)OC(=O)N1CC(CC=CC(=O)O)C1. The molecule has 0 saturated carbocycles. The van der Waals surface area contributed by atoms with E-state index in [1.54, 1.807) is 11.0 Å². The van der Waals surface area contributed by atoms with Crippen LogP contribution in [-0.2, 0) is 9.53 Å². The van der Waals surface area contributed by atoms with Crippen molar-refractivity contribution in [1.82, 2.24) is 4.90 Å². The van der Waals surface area contributed by atoms with E-state index in [1.165, 1.54) is 0 Å². The number of aliphatic carboxylic acids is 1. The zero-order chi connectivity index (χ0) is 13.1. The van der Waals surface area contributed by atoms with Crippen LogP contribution in [0.5, 0.6) is 0 Å². The normalized spacial score (nSPS) is 17.0. The molecule has 1 N–H and O–H groups in total. The number of nitrogens with zero attached hydrogens (tertiary/aromatic N) is 1. The summed E-state index contributed by atoms with van der Waals surface area (Å²) in [6.07, 6.45) is 3.15. The summed E-state index contributed by atoms with van der Waals surface area (Å²) in [5.74, 6) is -0.591. The zero-order valence-corrected chi connectivity index (χ0v) is 10.5. The van der Waals surface area contributed by atoms with Gasteiger partial charge in [0.2, 0.25) is 0 Å². The van der Waals surface area contributed by atoms with Crippen LogP contribution in [0.2, 0.25) is 0 Å². The number of hydrogen-bond acceptors (Lipinski definition) is 3. The van der Waals surface area contributed by atoms with Crippen LogP contribution in [0.4, 0.5) is 4.79 Å². The molecule has 0 radical (unpaired) electrons. The van der Waals surface area contributed by atoms with Gasteiger partial charge in [-0.05, 0) is 33.1 Å². The number of carboxylic acid groups (broad SMARTS) is 1. The lowest BCUT2D eigenvalue weighted by Crippen LogP contribution is -2.51. The molecule has 0 aliphatic carbocycles. The molecule has 0 spiro atoms. The van der Waals surface area contributed by atoms with Gasteiger partial charge in [0.25, 0.3) is 0 Å². The van der Waals surface area contributed by atoms with E-state index < -0.39 is 11.6 Å². The molecule has 1 fully saturated rings. The summed E-state index contributed by atoms with van der Waals surface area (Å²) in [5.41, 5.74) is -0.467. The molecular weight excluding hydrogens is 222 g/mol. The first-order chi connectivity index (χ1) is 7.78. The minimum atomic E-state index is -0.937. The van der Waals surface area contributed by atoms with Crippen molar-refractivity contribution in [2.45, 2.75) is 32.8 Å². The van der Waals surface area contributed by atoms with E-state index >= 15 is 0 Å². The molecule has 5 nitrogen and oxygen atoms in total. The van der Waals surface area contributed by atoms with Crippen molar-refractivity contribution in [3.05, 3.63) is 12.2 Å². The fourth-order valence-corrected chi connectivity index (χ4v) is 1.56. The van der Waals surface area contributed by atoms with Crippen LogP contribution in [0.1, 0.15) is 27.2 Å². The number of ether oxygens (including phenoxy) is 1. The maximum atomic E-state index is 11.6. The maximum Gasteiger partial charge on any atom is 0.410 e. The van der Waals surface area contributed by atoms with Gasteiger partial charge in [-0.3, -0.25) is 0 Å². The van der Waals surface area contributed by atoms with Crippen molar-refractivity contribution >= 4 is 12.1 Å². The number of likely N-dealkylation sites (tertiary alicyclic amines) is 1. The van der Waals surface area contributed by atoms with Crippen LogP contribution in [-0.4, -0.2) is 40.8 Å². The average Bonchev–Trinajstić information content (AvgIpc) is 2.04. The number of rotatable bonds is 3. The number of amides is 1. The Kier molecular flexibility index (Phi) is 4.15. The van der Waals surface area contributed by atoms with E-state index in [4.69, 9.17) is 9.84 Å². The summed E-state index contributed by atoms with van der Waals surface area (Å²) < 4.78 is 5.21. The van der Waals surface area contributed by atoms with Crippen molar-refractivity contribution in [3.8, 4) is 0 Å². The zero-order valence-electron chi connectivity index (χ0n) is 10.5. The van der Waals surface area contributed by atoms with Crippen molar-refractivity contribution in [2.24, 2.45) is 5.92 Å². The molecule has 0 aromatic heterocycles. The predicted octanol–water partition coefficient (Wildman–Crippen LogP) is 1.88. The van der Waals surface area contributed by atoms with Crippen molar-refractivity contribution in [2.75, 3.05) is 13.1 Å². The third-order valence-electron chi connectivity index (χ3n) is 2.34. The summed E-state index contributed by atoms with van der Waals surface area (Å²) >= 11 is 0. The smallest absolute Gasteiger partial charge is 0.410 e. The van der Waals surface area contributed by atoms with E-state index in [-0.39, 0.29) is 6.09 Å². The minimum absolute atomic E-state index is 0.295. The number of allylic oxidation sites excluding steroid dienone is 1. The van der Waals surface area contributed by atoms with Crippen LogP contribution >= 0.6 is 0 Å². The fraction of sp³-hybridized carbons (Fsp3) is 0.667. The van der Waals surface area contributed by atoms with Crippen molar-refractivity contribution in [3.63, 3.8) is 0 Å². The molecule has 0 unspecified atom stereocenters. The van der Waals surface area contributed by atoms with Crippen molar-refractivity contribution < 1.29 is 19.4 Å². The summed E-state index contributed by atoms with van der Waals surface area (Å²) in [5, 5.41) is 8.41. The largest absolute Gasteiger partial charge is 0.478 e. The van der Waals surface area contributed by atoms with E-state index in [0.717, 1.165) is 6.08 Å². The number of carbonyl (C=O) groups excluding carboxylic acids is 1. The molecule has 0 aromatic carbocycles. The summed E-state index contributed by atoms with van der Waals surface area (Å²) in [6.45, 7) is 6.77. The summed E-state index contributed by atoms with van der Waals surface area (Å²) in [7, 11) is 0. The first-order valence-corrected chi connectivity index (χ1v) is 5.65. The fourth-order valence-electron chi connectivity index (χ4n) is 1.56. The molecule has 17 heavy (non-hydrogen) atoms. The van der Waals surface area contributed by atoms with Gasteiger partial charge >= 0.3 is 12.1 Å². The van der Waals surface area contributed by atoms with E-state index in [9.17, 15) is 9.59 Å². The van der Waals surface area contributed by atoms with E-state index in [0.29, 0.717) is 25.4 Å². The second-order valence-corrected chi connectivity index (χ2v) is 5.23. The molecule has 1 saturated heterocycles. The second kappa shape index (κ2) is 5.21. The van der Waals surface area contributed by atoms with Gasteiger partial charge in [-0.25, -0.2) is 9.59 Å². The lowest BCUT2D eigenvalue weighted by atomic mass is 9.97. The maximum absolute atomic E-state index is 11.6. The van der Waals surface area contributed by atoms with Gasteiger partial charge < -0.3 is 14.7 Å². The first-order valence-electron chi connectivity index (χ1n) is 5.65. The van der Waals surface area contributed by atoms with Crippen LogP contribution in [0.3, 0.4) is 0 Å². The Balaban J connectivity index is 2.23. The van der Waals surface area contributed by atoms with Gasteiger partial charge in [-0.2, -0.15) is 0 Å². The predicted molar refractivity (Wildman–Crippen MR) is 62.7 cm³/mol. The highest BCUT2D eigenvalue weighted by Gasteiger charge is 2.32. The van der Waals surface area contributed by atoms with E-state index in [2.05, 4.69) is 0 Å². The Bertz CT molecular complexity index is 324. The molecule has 1 aliphatic rings. The number of carbonyl (C=O) groups is 2. The molecule has 1 heterocycles. The standard InChI is InChI=1S/C12H19NO4/c1-12(2,3)17-11(16)13-7-9(8-13)5-4-6-10(14)15/h4,6,9H,5,7-8H2,1-3H3,(H,14,15). The van der Waals surface area contributed by atoms with Crippen LogP contribution < -0.4 is 0 Å². The molecule has 96 valence electrons. The van der Waals surface area contributed by atoms with Gasteiger partial charge in [-0.15, -0.1) is 0 Å².